The van der Waals surface area contributed by atoms with E-state index in [2.05, 4.69) is 27.0 Å². The smallest absolute Gasteiger partial charge is 0.274 e. The summed E-state index contributed by atoms with van der Waals surface area (Å²) in [6.07, 6.45) is 10.1. The van der Waals surface area contributed by atoms with Crippen LogP contribution >= 0.6 is 0 Å². The molecule has 6 nitrogen and oxygen atoms in total. The van der Waals surface area contributed by atoms with E-state index in [0.717, 1.165) is 17.7 Å². The Morgan fingerprint density at radius 2 is 2.21 bits per heavy atom. The molecule has 0 aliphatic heterocycles. The minimum Gasteiger partial charge on any atom is -0.382 e. The van der Waals surface area contributed by atoms with E-state index in [1.807, 2.05) is 43.4 Å². The number of hydrogen-bond acceptors (Lipinski definition) is 5. The minimum absolute atomic E-state index is 0.0118. The van der Waals surface area contributed by atoms with E-state index < -0.39 is 0 Å². The van der Waals surface area contributed by atoms with Crippen LogP contribution in [-0.4, -0.2) is 29.4 Å². The highest BCUT2D eigenvalue weighted by molar-refractivity contribution is 6.03. The van der Waals surface area contributed by atoms with Crippen LogP contribution in [0.15, 0.2) is 64.1 Å². The first-order valence-electron chi connectivity index (χ1n) is 7.60. The third-order valence-electron chi connectivity index (χ3n) is 3.53. The number of nitrogens with two attached hydrogens (primary N) is 1. The van der Waals surface area contributed by atoms with Crippen LogP contribution in [0.25, 0.3) is 0 Å². The summed E-state index contributed by atoms with van der Waals surface area (Å²) in [5.74, 6) is -0.397. The van der Waals surface area contributed by atoms with Gasteiger partial charge in [0.15, 0.2) is 11.5 Å². The van der Waals surface area contributed by atoms with Gasteiger partial charge in [0.25, 0.3) is 5.91 Å². The average molecular weight is 323 g/mol. The second-order valence-corrected chi connectivity index (χ2v) is 5.41. The standard InChI is InChI=1S/C18H21N5O/c1-12-9-10-14(11-21-12)13(2)22-16(17(19)20-3)18(24)23-15-7-5-4-6-8-15/h4-7,9-11,15H,3,8,19H2,1-2H3,(H,23,24)/b17-16-,22-13+. The van der Waals surface area contributed by atoms with Gasteiger partial charge >= 0.3 is 0 Å². The van der Waals surface area contributed by atoms with Gasteiger partial charge in [0.2, 0.25) is 0 Å². The number of allylic oxidation sites excluding steroid dienone is 2. The summed E-state index contributed by atoms with van der Waals surface area (Å²) in [6.45, 7) is 7.08. The molecule has 1 aromatic heterocycles. The molecule has 2 rings (SSSR count). The highest BCUT2D eigenvalue weighted by atomic mass is 16.2. The van der Waals surface area contributed by atoms with Gasteiger partial charge in [0.1, 0.15) is 0 Å². The van der Waals surface area contributed by atoms with Crippen LogP contribution in [0.5, 0.6) is 0 Å². The summed E-state index contributed by atoms with van der Waals surface area (Å²) in [5.41, 5.74) is 8.19. The lowest BCUT2D eigenvalue weighted by Gasteiger charge is -2.16. The molecule has 1 aliphatic carbocycles. The second kappa shape index (κ2) is 8.01. The summed E-state index contributed by atoms with van der Waals surface area (Å²) in [5, 5.41) is 2.87. The number of aliphatic imine (C=N–C) groups is 2. The Bertz CT molecular complexity index is 741. The number of rotatable bonds is 5. The van der Waals surface area contributed by atoms with E-state index in [1.54, 1.807) is 13.1 Å². The number of amides is 1. The van der Waals surface area contributed by atoms with Gasteiger partial charge in [0, 0.05) is 23.2 Å². The second-order valence-electron chi connectivity index (χ2n) is 5.41. The van der Waals surface area contributed by atoms with E-state index >= 15 is 0 Å². The molecule has 0 radical (unpaired) electrons. The Morgan fingerprint density at radius 3 is 2.79 bits per heavy atom. The molecule has 0 saturated carbocycles. The summed E-state index contributed by atoms with van der Waals surface area (Å²) in [6, 6.07) is 3.68. The third kappa shape index (κ3) is 4.49. The minimum atomic E-state index is -0.385. The van der Waals surface area contributed by atoms with Crippen molar-refractivity contribution >= 4 is 18.3 Å². The third-order valence-corrected chi connectivity index (χ3v) is 3.53. The summed E-state index contributed by atoms with van der Waals surface area (Å²) < 4.78 is 0. The molecule has 1 amide bonds. The van der Waals surface area contributed by atoms with Gasteiger partial charge in [-0.3, -0.25) is 9.78 Å². The van der Waals surface area contributed by atoms with Crippen molar-refractivity contribution in [3.63, 3.8) is 0 Å². The Morgan fingerprint density at radius 1 is 1.42 bits per heavy atom. The number of carbonyl (C=O) groups is 1. The van der Waals surface area contributed by atoms with Gasteiger partial charge in [-0.15, -0.1) is 0 Å². The van der Waals surface area contributed by atoms with E-state index in [0.29, 0.717) is 5.71 Å². The number of pyridine rings is 1. The number of aryl methyl sites for hydroxylation is 1. The Kier molecular flexibility index (Phi) is 5.78. The van der Waals surface area contributed by atoms with Gasteiger partial charge in [0.05, 0.1) is 6.04 Å². The van der Waals surface area contributed by atoms with Crippen LogP contribution < -0.4 is 11.1 Å². The summed E-state index contributed by atoms with van der Waals surface area (Å²) in [4.78, 5) is 24.8. The highest BCUT2D eigenvalue weighted by Crippen LogP contribution is 2.10. The topological polar surface area (TPSA) is 92.7 Å². The van der Waals surface area contributed by atoms with Crippen molar-refractivity contribution < 1.29 is 4.79 Å². The van der Waals surface area contributed by atoms with Crippen molar-refractivity contribution in [3.05, 3.63) is 65.4 Å². The molecule has 1 aromatic rings. The van der Waals surface area contributed by atoms with Crippen molar-refractivity contribution in [2.24, 2.45) is 15.7 Å². The van der Waals surface area contributed by atoms with Crippen LogP contribution in [-0.2, 0) is 4.79 Å². The van der Waals surface area contributed by atoms with Gasteiger partial charge in [-0.25, -0.2) is 9.98 Å². The predicted molar refractivity (Wildman–Crippen MR) is 96.8 cm³/mol. The maximum Gasteiger partial charge on any atom is 0.274 e. The van der Waals surface area contributed by atoms with Crippen molar-refractivity contribution in [1.82, 2.24) is 10.3 Å². The molecule has 1 unspecified atom stereocenters. The molecule has 6 heteroatoms. The van der Waals surface area contributed by atoms with Gasteiger partial charge in [-0.05, 0) is 39.1 Å². The van der Waals surface area contributed by atoms with Crippen LogP contribution in [0, 0.1) is 6.92 Å². The number of hydrogen-bond donors (Lipinski definition) is 2. The first kappa shape index (κ1) is 17.3. The fourth-order valence-corrected chi connectivity index (χ4v) is 2.14. The molecule has 0 spiro atoms. The average Bonchev–Trinajstić information content (AvgIpc) is 2.60. The number of nitrogens with one attached hydrogen (secondary N) is 1. The molecule has 1 heterocycles. The molecule has 1 atom stereocenters. The molecule has 0 fully saturated rings. The summed E-state index contributed by atoms with van der Waals surface area (Å²) in [7, 11) is 0. The molecular formula is C18H21N5O. The maximum absolute atomic E-state index is 12.5. The van der Waals surface area contributed by atoms with Crippen LogP contribution in [0.4, 0.5) is 0 Å². The quantitative estimate of drug-likeness (QED) is 0.641. The zero-order valence-corrected chi connectivity index (χ0v) is 13.9. The molecular weight excluding hydrogens is 302 g/mol. The van der Waals surface area contributed by atoms with Crippen LogP contribution in [0.3, 0.4) is 0 Å². The van der Waals surface area contributed by atoms with Gasteiger partial charge in [-0.1, -0.05) is 24.3 Å². The zero-order chi connectivity index (χ0) is 17.5. The van der Waals surface area contributed by atoms with Gasteiger partial charge in [-0.2, -0.15) is 0 Å². The lowest BCUT2D eigenvalue weighted by Crippen LogP contribution is -2.35. The fourth-order valence-electron chi connectivity index (χ4n) is 2.14. The molecule has 0 saturated heterocycles. The van der Waals surface area contributed by atoms with Crippen LogP contribution in [0.1, 0.15) is 24.6 Å². The Labute approximate surface area is 141 Å². The van der Waals surface area contributed by atoms with E-state index in [-0.39, 0.29) is 23.5 Å². The predicted octanol–water partition coefficient (Wildman–Crippen LogP) is 2.03. The molecule has 24 heavy (non-hydrogen) atoms. The van der Waals surface area contributed by atoms with E-state index in [9.17, 15) is 4.79 Å². The number of aromatic nitrogens is 1. The Balaban J connectivity index is 2.25. The van der Waals surface area contributed by atoms with Crippen molar-refractivity contribution in [3.8, 4) is 0 Å². The largest absolute Gasteiger partial charge is 0.382 e. The van der Waals surface area contributed by atoms with Gasteiger partial charge < -0.3 is 11.1 Å². The van der Waals surface area contributed by atoms with E-state index in [4.69, 9.17) is 5.73 Å². The lowest BCUT2D eigenvalue weighted by molar-refractivity contribution is -0.118. The number of carbonyl (C=O) groups excluding carboxylic acids is 1. The van der Waals surface area contributed by atoms with Crippen molar-refractivity contribution in [1.29, 1.82) is 0 Å². The Hall–Kier alpha value is -3.02. The number of nitrogens with zero attached hydrogens (tertiary/aromatic N) is 3. The maximum atomic E-state index is 12.5. The van der Waals surface area contributed by atoms with E-state index in [1.165, 1.54) is 0 Å². The first-order valence-corrected chi connectivity index (χ1v) is 7.60. The molecule has 124 valence electrons. The van der Waals surface area contributed by atoms with Crippen molar-refractivity contribution in [2.45, 2.75) is 26.3 Å². The molecule has 1 aliphatic rings. The van der Waals surface area contributed by atoms with Crippen molar-refractivity contribution in [2.75, 3.05) is 0 Å². The van der Waals surface area contributed by atoms with Crippen LogP contribution in [0.2, 0.25) is 0 Å². The molecule has 3 N–H and O–H groups in total. The normalized spacial score (nSPS) is 18.1. The molecule has 0 bridgehead atoms. The summed E-state index contributed by atoms with van der Waals surface area (Å²) >= 11 is 0. The zero-order valence-electron chi connectivity index (χ0n) is 13.9. The molecule has 0 aromatic carbocycles. The highest BCUT2D eigenvalue weighted by Gasteiger charge is 2.17. The first-order chi connectivity index (χ1) is 11.5. The SMILES string of the molecule is C=N/C(N)=C(\N=C(/C)c1ccc(C)nc1)C(=O)NC1C=CC=CC1. The monoisotopic (exact) mass is 323 g/mol. The lowest BCUT2D eigenvalue weighted by atomic mass is 10.1. The fraction of sp³-hybridized carbons (Fsp3) is 0.222.